The first kappa shape index (κ1) is 13.0. The minimum Gasteiger partial charge on any atom is -0.497 e. The number of methoxy groups -OCH3 is 1. The van der Waals surface area contributed by atoms with Crippen molar-refractivity contribution < 1.29 is 4.74 Å². The maximum absolute atomic E-state index is 5.23. The molecule has 0 radical (unpaired) electrons. The van der Waals surface area contributed by atoms with E-state index in [0.29, 0.717) is 5.92 Å². The minimum atomic E-state index is 0.298. The van der Waals surface area contributed by atoms with Crippen LogP contribution in [0.15, 0.2) is 34.9 Å². The molecule has 3 nitrogen and oxygen atoms in total. The van der Waals surface area contributed by atoms with Gasteiger partial charge in [0.1, 0.15) is 16.2 Å². The first-order valence-corrected chi connectivity index (χ1v) is 6.58. The third-order valence-corrected chi connectivity index (χ3v) is 3.00. The van der Waals surface area contributed by atoms with Crippen molar-refractivity contribution >= 4 is 15.9 Å². The van der Waals surface area contributed by atoms with Gasteiger partial charge in [-0.1, -0.05) is 26.0 Å². The van der Waals surface area contributed by atoms with E-state index in [4.69, 9.17) is 4.74 Å². The van der Waals surface area contributed by atoms with E-state index in [2.05, 4.69) is 39.7 Å². The molecule has 0 aliphatic heterocycles. The molecule has 1 heterocycles. The number of rotatable bonds is 3. The summed E-state index contributed by atoms with van der Waals surface area (Å²) >= 11 is 3.43. The van der Waals surface area contributed by atoms with Crippen molar-refractivity contribution in [3.63, 3.8) is 0 Å². The number of hydrogen-bond acceptors (Lipinski definition) is 3. The molecule has 0 amide bonds. The van der Waals surface area contributed by atoms with Gasteiger partial charge in [-0.3, -0.25) is 0 Å². The number of halogens is 1. The summed E-state index contributed by atoms with van der Waals surface area (Å²) < 4.78 is 6.03. The zero-order valence-electron chi connectivity index (χ0n) is 10.6. The van der Waals surface area contributed by atoms with Crippen LogP contribution in [0.3, 0.4) is 0 Å². The summed E-state index contributed by atoms with van der Waals surface area (Å²) in [4.78, 5) is 8.96. The second-order valence-electron chi connectivity index (χ2n) is 4.32. The lowest BCUT2D eigenvalue weighted by molar-refractivity contribution is 0.415. The van der Waals surface area contributed by atoms with Crippen molar-refractivity contribution in [1.82, 2.24) is 9.97 Å². The maximum Gasteiger partial charge on any atom is 0.132 e. The maximum atomic E-state index is 5.23. The standard InChI is InChI=1S/C14H15BrN2O/c1-9(2)14-16-12(8-13(15)17-14)10-5-4-6-11(7-10)18-3/h4-9H,1-3H3. The van der Waals surface area contributed by atoms with E-state index < -0.39 is 0 Å². The van der Waals surface area contributed by atoms with Crippen molar-refractivity contribution in [2.45, 2.75) is 19.8 Å². The van der Waals surface area contributed by atoms with Crippen LogP contribution in [0.1, 0.15) is 25.6 Å². The van der Waals surface area contributed by atoms with Crippen LogP contribution in [0.4, 0.5) is 0 Å². The molecule has 0 spiro atoms. The average molecular weight is 307 g/mol. The van der Waals surface area contributed by atoms with Crippen molar-refractivity contribution in [2.75, 3.05) is 7.11 Å². The largest absolute Gasteiger partial charge is 0.497 e. The van der Waals surface area contributed by atoms with Crippen molar-refractivity contribution in [2.24, 2.45) is 0 Å². The molecule has 4 heteroatoms. The van der Waals surface area contributed by atoms with Gasteiger partial charge in [-0.2, -0.15) is 0 Å². The van der Waals surface area contributed by atoms with Gasteiger partial charge < -0.3 is 4.74 Å². The third kappa shape index (κ3) is 2.88. The Balaban J connectivity index is 2.49. The van der Waals surface area contributed by atoms with E-state index in [1.165, 1.54) is 0 Å². The molecule has 2 rings (SSSR count). The summed E-state index contributed by atoms with van der Waals surface area (Å²) in [6.45, 7) is 4.16. The lowest BCUT2D eigenvalue weighted by atomic mass is 10.1. The number of hydrogen-bond donors (Lipinski definition) is 0. The Labute approximate surface area is 115 Å². The summed E-state index contributed by atoms with van der Waals surface area (Å²) in [5.41, 5.74) is 1.93. The van der Waals surface area contributed by atoms with Crippen molar-refractivity contribution in [1.29, 1.82) is 0 Å². The number of nitrogens with zero attached hydrogens (tertiary/aromatic N) is 2. The first-order valence-electron chi connectivity index (χ1n) is 5.79. The minimum absolute atomic E-state index is 0.298. The quantitative estimate of drug-likeness (QED) is 0.803. The number of aromatic nitrogens is 2. The summed E-state index contributed by atoms with van der Waals surface area (Å²) in [5.74, 6) is 1.96. The molecule has 0 bridgehead atoms. The molecule has 0 atom stereocenters. The zero-order chi connectivity index (χ0) is 13.1. The Bertz CT molecular complexity index is 555. The van der Waals surface area contributed by atoms with Gasteiger partial charge in [0.15, 0.2) is 0 Å². The van der Waals surface area contributed by atoms with Gasteiger partial charge in [0.25, 0.3) is 0 Å². The monoisotopic (exact) mass is 306 g/mol. The summed E-state index contributed by atoms with van der Waals surface area (Å²) in [7, 11) is 1.66. The molecular weight excluding hydrogens is 292 g/mol. The molecule has 0 aliphatic carbocycles. The highest BCUT2D eigenvalue weighted by Crippen LogP contribution is 2.25. The highest BCUT2D eigenvalue weighted by Gasteiger charge is 2.08. The molecule has 0 unspecified atom stereocenters. The van der Waals surface area contributed by atoms with Crippen LogP contribution >= 0.6 is 15.9 Å². The Morgan fingerprint density at radius 3 is 2.61 bits per heavy atom. The molecular formula is C14H15BrN2O. The van der Waals surface area contributed by atoms with Gasteiger partial charge in [0.2, 0.25) is 0 Å². The Morgan fingerprint density at radius 2 is 1.94 bits per heavy atom. The molecule has 0 aliphatic rings. The molecule has 1 aromatic carbocycles. The van der Waals surface area contributed by atoms with Gasteiger partial charge >= 0.3 is 0 Å². The van der Waals surface area contributed by atoms with Crippen LogP contribution in [0.25, 0.3) is 11.3 Å². The fourth-order valence-electron chi connectivity index (χ4n) is 1.62. The molecule has 18 heavy (non-hydrogen) atoms. The second-order valence-corrected chi connectivity index (χ2v) is 5.13. The smallest absolute Gasteiger partial charge is 0.132 e. The number of benzene rings is 1. The zero-order valence-corrected chi connectivity index (χ0v) is 12.2. The van der Waals surface area contributed by atoms with Gasteiger partial charge in [-0.25, -0.2) is 9.97 Å². The SMILES string of the molecule is COc1cccc(-c2cc(Br)nc(C(C)C)n2)c1. The van der Waals surface area contributed by atoms with Crippen LogP contribution in [0.2, 0.25) is 0 Å². The van der Waals surface area contributed by atoms with E-state index in [1.54, 1.807) is 7.11 Å². The highest BCUT2D eigenvalue weighted by molar-refractivity contribution is 9.10. The van der Waals surface area contributed by atoms with E-state index >= 15 is 0 Å². The second kappa shape index (κ2) is 5.48. The predicted molar refractivity (Wildman–Crippen MR) is 75.8 cm³/mol. The summed E-state index contributed by atoms with van der Waals surface area (Å²) in [5, 5.41) is 0. The number of ether oxygens (including phenoxy) is 1. The van der Waals surface area contributed by atoms with Gasteiger partial charge in [0, 0.05) is 11.5 Å². The summed E-state index contributed by atoms with van der Waals surface area (Å²) in [6.07, 6.45) is 0. The molecule has 0 fully saturated rings. The molecule has 0 N–H and O–H groups in total. The average Bonchev–Trinajstić information content (AvgIpc) is 2.38. The fourth-order valence-corrected chi connectivity index (χ4v) is 2.02. The van der Waals surface area contributed by atoms with E-state index in [9.17, 15) is 0 Å². The Morgan fingerprint density at radius 1 is 1.17 bits per heavy atom. The van der Waals surface area contributed by atoms with E-state index in [0.717, 1.165) is 27.4 Å². The van der Waals surface area contributed by atoms with Crippen molar-refractivity contribution in [3.05, 3.63) is 40.8 Å². The molecule has 2 aromatic rings. The molecule has 0 saturated heterocycles. The molecule has 1 aromatic heterocycles. The normalized spacial score (nSPS) is 10.7. The third-order valence-electron chi connectivity index (χ3n) is 2.59. The van der Waals surface area contributed by atoms with Crippen LogP contribution in [-0.4, -0.2) is 17.1 Å². The van der Waals surface area contributed by atoms with Gasteiger partial charge in [0.05, 0.1) is 12.8 Å². The van der Waals surface area contributed by atoms with Gasteiger partial charge in [-0.05, 0) is 34.1 Å². The molecule has 94 valence electrons. The Hall–Kier alpha value is -1.42. The molecule has 0 saturated carbocycles. The predicted octanol–water partition coefficient (Wildman–Crippen LogP) is 4.04. The fraction of sp³-hybridized carbons (Fsp3) is 0.286. The van der Waals surface area contributed by atoms with Crippen LogP contribution in [0, 0.1) is 0 Å². The van der Waals surface area contributed by atoms with E-state index in [-0.39, 0.29) is 0 Å². The lowest BCUT2D eigenvalue weighted by Crippen LogP contribution is -1.99. The van der Waals surface area contributed by atoms with Crippen molar-refractivity contribution in [3.8, 4) is 17.0 Å². The van der Waals surface area contributed by atoms with E-state index in [1.807, 2.05) is 30.3 Å². The van der Waals surface area contributed by atoms with Gasteiger partial charge in [-0.15, -0.1) is 0 Å². The van der Waals surface area contributed by atoms with Crippen LogP contribution in [0.5, 0.6) is 5.75 Å². The topological polar surface area (TPSA) is 35.0 Å². The summed E-state index contributed by atoms with van der Waals surface area (Å²) in [6, 6.07) is 9.78. The van der Waals surface area contributed by atoms with Crippen LogP contribution < -0.4 is 4.74 Å². The van der Waals surface area contributed by atoms with Crippen LogP contribution in [-0.2, 0) is 0 Å². The first-order chi connectivity index (χ1) is 8.60. The highest BCUT2D eigenvalue weighted by atomic mass is 79.9. The lowest BCUT2D eigenvalue weighted by Gasteiger charge is -2.08. The Kier molecular flexibility index (Phi) is 3.97.